The standard InChI is InChI=1S/C25H30Cl2FN5O2/c1-14(20-5-4-18(26)9-21(20)27)30-23-22(28)10-29-25(31-23)33-12-17(13-33)15-3-2-6-32(11-15)19-7-16(8-19)24(34)35/h4-5,9-10,14-17,19H,2-3,6-8,11-13H2,1H3,(H,34,35)(H,29,30,31)/t14-,15+,16-,19+/m1/s1. The molecule has 1 aromatic carbocycles. The molecule has 5 rings (SSSR count). The number of likely N-dealkylation sites (tertiary alicyclic amines) is 1. The lowest BCUT2D eigenvalue weighted by atomic mass is 9.76. The highest BCUT2D eigenvalue weighted by Gasteiger charge is 2.42. The number of aromatic nitrogens is 2. The first-order chi connectivity index (χ1) is 16.8. The number of hydrogen-bond donors (Lipinski definition) is 2. The van der Waals surface area contributed by atoms with Crippen LogP contribution in [-0.4, -0.2) is 58.2 Å². The molecule has 2 N–H and O–H groups in total. The minimum Gasteiger partial charge on any atom is -0.481 e. The second-order valence-corrected chi connectivity index (χ2v) is 11.0. The normalized spacial score (nSPS) is 26.1. The third-order valence-electron chi connectivity index (χ3n) is 7.84. The van der Waals surface area contributed by atoms with E-state index in [1.54, 1.807) is 12.1 Å². The number of anilines is 2. The van der Waals surface area contributed by atoms with Gasteiger partial charge in [0.05, 0.1) is 18.2 Å². The molecule has 188 valence electrons. The van der Waals surface area contributed by atoms with E-state index in [-0.39, 0.29) is 17.8 Å². The molecule has 0 bridgehead atoms. The highest BCUT2D eigenvalue weighted by Crippen LogP contribution is 2.38. The lowest BCUT2D eigenvalue weighted by Crippen LogP contribution is -2.56. The molecule has 0 amide bonds. The number of halogens is 3. The van der Waals surface area contributed by atoms with Gasteiger partial charge in [0.25, 0.3) is 0 Å². The number of rotatable bonds is 7. The predicted molar refractivity (Wildman–Crippen MR) is 135 cm³/mol. The highest BCUT2D eigenvalue weighted by atomic mass is 35.5. The first-order valence-corrected chi connectivity index (χ1v) is 13.0. The van der Waals surface area contributed by atoms with Crippen LogP contribution in [0.15, 0.2) is 24.4 Å². The van der Waals surface area contributed by atoms with Gasteiger partial charge in [-0.15, -0.1) is 0 Å². The average Bonchev–Trinajstić information content (AvgIpc) is 2.74. The van der Waals surface area contributed by atoms with Crippen molar-refractivity contribution in [2.24, 2.45) is 17.8 Å². The fraction of sp³-hybridized carbons (Fsp3) is 0.560. The molecule has 1 aromatic heterocycles. The van der Waals surface area contributed by atoms with E-state index in [2.05, 4.69) is 25.1 Å². The molecule has 0 radical (unpaired) electrons. The SMILES string of the molecule is C[C@@H](Nc1nc(N2CC([C@H]3CCCN([C@H]4C[C@@H](C(=O)O)C4)C3)C2)ncc1F)c1ccc(Cl)cc1Cl. The molecular weight excluding hydrogens is 492 g/mol. The van der Waals surface area contributed by atoms with Crippen LogP contribution in [0.3, 0.4) is 0 Å². The monoisotopic (exact) mass is 521 g/mol. The molecule has 3 fully saturated rings. The number of hydrogen-bond acceptors (Lipinski definition) is 6. The van der Waals surface area contributed by atoms with Crippen molar-refractivity contribution in [2.75, 3.05) is 36.4 Å². The number of aliphatic carboxylic acids is 1. The van der Waals surface area contributed by atoms with E-state index < -0.39 is 11.8 Å². The first kappa shape index (κ1) is 24.5. The summed E-state index contributed by atoms with van der Waals surface area (Å²) in [4.78, 5) is 24.4. The van der Waals surface area contributed by atoms with Crippen LogP contribution in [0.25, 0.3) is 0 Å². The van der Waals surface area contributed by atoms with Crippen LogP contribution in [0.5, 0.6) is 0 Å². The number of carboxylic acid groups (broad SMARTS) is 1. The largest absolute Gasteiger partial charge is 0.481 e. The van der Waals surface area contributed by atoms with Crippen LogP contribution in [-0.2, 0) is 4.79 Å². The Labute approximate surface area is 214 Å². The summed E-state index contributed by atoms with van der Waals surface area (Å²) in [6.45, 7) is 5.70. The summed E-state index contributed by atoms with van der Waals surface area (Å²) >= 11 is 12.3. The molecule has 7 nitrogen and oxygen atoms in total. The molecule has 0 unspecified atom stereocenters. The van der Waals surface area contributed by atoms with Gasteiger partial charge in [-0.05, 0) is 68.7 Å². The van der Waals surface area contributed by atoms with E-state index in [4.69, 9.17) is 28.3 Å². The average molecular weight is 522 g/mol. The van der Waals surface area contributed by atoms with E-state index in [0.717, 1.165) is 51.0 Å². The molecule has 35 heavy (non-hydrogen) atoms. The molecule has 10 heteroatoms. The molecule has 1 aliphatic carbocycles. The van der Waals surface area contributed by atoms with Crippen LogP contribution < -0.4 is 10.2 Å². The number of carboxylic acids is 1. The van der Waals surface area contributed by atoms with Crippen molar-refractivity contribution in [1.29, 1.82) is 0 Å². The summed E-state index contributed by atoms with van der Waals surface area (Å²) in [6.07, 6.45) is 5.11. The van der Waals surface area contributed by atoms with Gasteiger partial charge in [0.1, 0.15) is 0 Å². The Balaban J connectivity index is 1.17. The van der Waals surface area contributed by atoms with Gasteiger partial charge in [-0.2, -0.15) is 4.98 Å². The van der Waals surface area contributed by atoms with Gasteiger partial charge >= 0.3 is 5.97 Å². The molecule has 0 spiro atoms. The lowest BCUT2D eigenvalue weighted by Gasteiger charge is -2.50. The lowest BCUT2D eigenvalue weighted by molar-refractivity contribution is -0.147. The Morgan fingerprint density at radius 3 is 2.71 bits per heavy atom. The van der Waals surface area contributed by atoms with E-state index in [9.17, 15) is 9.18 Å². The van der Waals surface area contributed by atoms with Gasteiger partial charge in [-0.3, -0.25) is 4.79 Å². The maximum absolute atomic E-state index is 14.5. The Kier molecular flexibility index (Phi) is 7.06. The van der Waals surface area contributed by atoms with Crippen LogP contribution >= 0.6 is 23.2 Å². The minimum atomic E-state index is -0.664. The number of piperidine rings is 1. The van der Waals surface area contributed by atoms with Gasteiger partial charge in [-0.1, -0.05) is 29.3 Å². The highest BCUT2D eigenvalue weighted by molar-refractivity contribution is 6.35. The van der Waals surface area contributed by atoms with Crippen molar-refractivity contribution < 1.29 is 14.3 Å². The first-order valence-electron chi connectivity index (χ1n) is 12.2. The molecular formula is C25H30Cl2FN5O2. The number of benzene rings is 1. The summed E-state index contributed by atoms with van der Waals surface area (Å²) in [6, 6.07) is 5.40. The van der Waals surface area contributed by atoms with Gasteiger partial charge < -0.3 is 20.2 Å². The van der Waals surface area contributed by atoms with Gasteiger partial charge in [0.2, 0.25) is 5.95 Å². The number of nitrogens with one attached hydrogen (secondary N) is 1. The van der Waals surface area contributed by atoms with Crippen LogP contribution in [0.4, 0.5) is 16.2 Å². The van der Waals surface area contributed by atoms with E-state index >= 15 is 0 Å². The Morgan fingerprint density at radius 1 is 1.23 bits per heavy atom. The van der Waals surface area contributed by atoms with Crippen molar-refractivity contribution in [1.82, 2.24) is 14.9 Å². The summed E-state index contributed by atoms with van der Waals surface area (Å²) in [5.41, 5.74) is 0.808. The zero-order chi connectivity index (χ0) is 24.7. The van der Waals surface area contributed by atoms with Crippen LogP contribution in [0, 0.1) is 23.6 Å². The second-order valence-electron chi connectivity index (χ2n) is 10.1. The molecule has 1 saturated carbocycles. The topological polar surface area (TPSA) is 81.6 Å². The van der Waals surface area contributed by atoms with Gasteiger partial charge in [-0.25, -0.2) is 9.37 Å². The zero-order valence-corrected chi connectivity index (χ0v) is 21.1. The molecule has 3 heterocycles. The zero-order valence-electron chi connectivity index (χ0n) is 19.6. The second kappa shape index (κ2) is 10.1. The van der Waals surface area contributed by atoms with Crippen molar-refractivity contribution in [3.8, 4) is 0 Å². The van der Waals surface area contributed by atoms with Gasteiger partial charge in [0.15, 0.2) is 11.6 Å². The van der Waals surface area contributed by atoms with Crippen molar-refractivity contribution >= 4 is 40.9 Å². The Bertz CT molecular complexity index is 1090. The van der Waals surface area contributed by atoms with Crippen LogP contribution in [0.2, 0.25) is 10.0 Å². The number of nitrogens with zero attached hydrogens (tertiary/aromatic N) is 4. The molecule has 2 saturated heterocycles. The molecule has 2 aliphatic heterocycles. The smallest absolute Gasteiger partial charge is 0.306 e. The summed E-state index contributed by atoms with van der Waals surface area (Å²) in [5.74, 6) is 0.471. The van der Waals surface area contributed by atoms with Gasteiger partial charge in [0, 0.05) is 35.7 Å². The molecule has 2 aromatic rings. The number of carbonyl (C=O) groups is 1. The van der Waals surface area contributed by atoms with Crippen molar-refractivity contribution in [3.63, 3.8) is 0 Å². The van der Waals surface area contributed by atoms with Crippen LogP contribution in [0.1, 0.15) is 44.2 Å². The van der Waals surface area contributed by atoms with Crippen molar-refractivity contribution in [2.45, 2.75) is 44.7 Å². The predicted octanol–water partition coefficient (Wildman–Crippen LogP) is 5.11. The summed E-state index contributed by atoms with van der Waals surface area (Å²) in [5, 5.41) is 13.3. The fourth-order valence-corrected chi connectivity index (χ4v) is 6.14. The summed E-state index contributed by atoms with van der Waals surface area (Å²) in [7, 11) is 0. The van der Waals surface area contributed by atoms with Crippen molar-refractivity contribution in [3.05, 3.63) is 45.8 Å². The molecule has 2 atom stereocenters. The quantitative estimate of drug-likeness (QED) is 0.523. The third kappa shape index (κ3) is 5.20. The maximum Gasteiger partial charge on any atom is 0.306 e. The maximum atomic E-state index is 14.5. The minimum absolute atomic E-state index is 0.152. The third-order valence-corrected chi connectivity index (χ3v) is 8.40. The Morgan fingerprint density at radius 2 is 2.00 bits per heavy atom. The summed E-state index contributed by atoms with van der Waals surface area (Å²) < 4.78 is 14.5. The van der Waals surface area contributed by atoms with E-state index in [1.165, 1.54) is 12.6 Å². The fourth-order valence-electron chi connectivity index (χ4n) is 5.57. The Hall–Kier alpha value is -2.16. The molecule has 3 aliphatic rings. The van der Waals surface area contributed by atoms with E-state index in [1.807, 2.05) is 13.0 Å². The van der Waals surface area contributed by atoms with E-state index in [0.29, 0.717) is 33.9 Å².